The molecule has 0 aliphatic carbocycles. The van der Waals surface area contributed by atoms with E-state index in [4.69, 9.17) is 11.6 Å². The van der Waals surface area contributed by atoms with Gasteiger partial charge in [0.25, 0.3) is 11.8 Å². The first-order valence-corrected chi connectivity index (χ1v) is 10.3. The molecule has 7 heteroatoms. The fraction of sp³-hybridized carbons (Fsp3) is 0.600. The standard InChI is InChI=1S/C20H31ClN4O2/c1-3-4-9-22-19(26)15-24-10-12-25(13-11-24)20(27)14-23-16(2)17-5-7-18(21)8-6-17/h5-8,16,23H,3-4,9-15H2,1-2H3,(H,22,26)/p+2/t16-/m0/s1. The van der Waals surface area contributed by atoms with Crippen molar-refractivity contribution < 1.29 is 19.8 Å². The summed E-state index contributed by atoms with van der Waals surface area (Å²) in [6, 6.07) is 7.97. The predicted molar refractivity (Wildman–Crippen MR) is 107 cm³/mol. The first-order valence-electron chi connectivity index (χ1n) is 9.96. The number of amides is 2. The van der Waals surface area contributed by atoms with Gasteiger partial charge in [0, 0.05) is 17.1 Å². The average molecular weight is 397 g/mol. The van der Waals surface area contributed by atoms with Crippen molar-refractivity contribution in [3.63, 3.8) is 0 Å². The normalized spacial score (nSPS) is 16.2. The maximum atomic E-state index is 12.5. The quantitative estimate of drug-likeness (QED) is 0.497. The second-order valence-corrected chi connectivity index (χ2v) is 7.73. The molecule has 0 radical (unpaired) electrons. The molecular formula is C20H33ClN4O2+2. The second kappa shape index (κ2) is 11.3. The SMILES string of the molecule is CCCCNC(=O)C[NH+]1CCN(C(=O)C[NH2+][C@@H](C)c2ccc(Cl)cc2)CC1. The summed E-state index contributed by atoms with van der Waals surface area (Å²) in [5, 5.41) is 5.75. The van der Waals surface area contributed by atoms with Gasteiger partial charge in [0.15, 0.2) is 13.1 Å². The Morgan fingerprint density at radius 2 is 1.93 bits per heavy atom. The molecular weight excluding hydrogens is 364 g/mol. The van der Waals surface area contributed by atoms with E-state index in [0.717, 1.165) is 56.2 Å². The number of nitrogens with one attached hydrogen (secondary N) is 2. The van der Waals surface area contributed by atoms with Crippen LogP contribution >= 0.6 is 11.6 Å². The molecule has 150 valence electrons. The maximum Gasteiger partial charge on any atom is 0.278 e. The molecule has 0 spiro atoms. The zero-order valence-electron chi connectivity index (χ0n) is 16.5. The topological polar surface area (TPSA) is 70.5 Å². The molecule has 6 nitrogen and oxygen atoms in total. The molecule has 27 heavy (non-hydrogen) atoms. The Morgan fingerprint density at radius 1 is 1.26 bits per heavy atom. The van der Waals surface area contributed by atoms with E-state index in [-0.39, 0.29) is 17.9 Å². The number of hydrogen-bond donors (Lipinski definition) is 3. The number of rotatable bonds is 9. The molecule has 2 rings (SSSR count). The molecule has 1 aromatic rings. The van der Waals surface area contributed by atoms with Crippen molar-refractivity contribution in [2.24, 2.45) is 0 Å². The Balaban J connectivity index is 1.67. The van der Waals surface area contributed by atoms with Gasteiger partial charge < -0.3 is 20.4 Å². The van der Waals surface area contributed by atoms with Crippen molar-refractivity contribution >= 4 is 23.4 Å². The summed E-state index contributed by atoms with van der Waals surface area (Å²) in [6.45, 7) is 9.02. The Hall–Kier alpha value is -1.63. The third-order valence-electron chi connectivity index (χ3n) is 5.13. The van der Waals surface area contributed by atoms with Crippen molar-refractivity contribution in [2.45, 2.75) is 32.7 Å². The van der Waals surface area contributed by atoms with Crippen molar-refractivity contribution in [1.82, 2.24) is 10.2 Å². The number of benzene rings is 1. The third kappa shape index (κ3) is 7.48. The van der Waals surface area contributed by atoms with Crippen LogP contribution < -0.4 is 15.5 Å². The van der Waals surface area contributed by atoms with Gasteiger partial charge in [0.05, 0.1) is 26.2 Å². The summed E-state index contributed by atoms with van der Waals surface area (Å²) in [7, 11) is 0. The van der Waals surface area contributed by atoms with E-state index in [1.807, 2.05) is 29.2 Å². The highest BCUT2D eigenvalue weighted by molar-refractivity contribution is 6.30. The van der Waals surface area contributed by atoms with Crippen LogP contribution in [-0.2, 0) is 9.59 Å². The largest absolute Gasteiger partial charge is 0.351 e. The van der Waals surface area contributed by atoms with Crippen LogP contribution in [0, 0.1) is 0 Å². The molecule has 1 aromatic carbocycles. The highest BCUT2D eigenvalue weighted by Crippen LogP contribution is 2.13. The minimum absolute atomic E-state index is 0.114. The summed E-state index contributed by atoms with van der Waals surface area (Å²) in [5.41, 5.74) is 1.16. The van der Waals surface area contributed by atoms with Crippen LogP contribution in [0.1, 0.15) is 38.3 Å². The van der Waals surface area contributed by atoms with E-state index < -0.39 is 0 Å². The fourth-order valence-electron chi connectivity index (χ4n) is 3.25. The summed E-state index contributed by atoms with van der Waals surface area (Å²) >= 11 is 5.92. The lowest BCUT2D eigenvalue weighted by Crippen LogP contribution is -3.16. The molecule has 0 unspecified atom stereocenters. The van der Waals surface area contributed by atoms with Crippen molar-refractivity contribution in [3.8, 4) is 0 Å². The van der Waals surface area contributed by atoms with E-state index in [9.17, 15) is 9.59 Å². The fourth-order valence-corrected chi connectivity index (χ4v) is 3.38. The number of nitrogens with two attached hydrogens (primary N) is 1. The number of hydrogen-bond acceptors (Lipinski definition) is 2. The van der Waals surface area contributed by atoms with Crippen molar-refractivity contribution in [1.29, 1.82) is 0 Å². The molecule has 0 aromatic heterocycles. The minimum Gasteiger partial charge on any atom is -0.351 e. The van der Waals surface area contributed by atoms with E-state index in [1.165, 1.54) is 4.90 Å². The van der Waals surface area contributed by atoms with Gasteiger partial charge in [-0.1, -0.05) is 37.1 Å². The van der Waals surface area contributed by atoms with Crippen LogP contribution in [-0.4, -0.2) is 62.5 Å². The summed E-state index contributed by atoms with van der Waals surface area (Å²) in [5.74, 6) is 0.283. The van der Waals surface area contributed by atoms with Gasteiger partial charge in [0.2, 0.25) is 0 Å². The molecule has 0 bridgehead atoms. The molecule has 1 atom stereocenters. The van der Waals surface area contributed by atoms with Gasteiger partial charge >= 0.3 is 0 Å². The number of quaternary nitrogens is 2. The van der Waals surface area contributed by atoms with Gasteiger partial charge in [-0.15, -0.1) is 0 Å². The van der Waals surface area contributed by atoms with Gasteiger partial charge in [-0.05, 0) is 25.5 Å². The first-order chi connectivity index (χ1) is 13.0. The van der Waals surface area contributed by atoms with E-state index in [2.05, 4.69) is 24.5 Å². The lowest BCUT2D eigenvalue weighted by Gasteiger charge is -2.31. The molecule has 1 aliphatic rings. The van der Waals surface area contributed by atoms with E-state index in [0.29, 0.717) is 13.1 Å². The van der Waals surface area contributed by atoms with Gasteiger partial charge in [-0.25, -0.2) is 0 Å². The molecule has 1 heterocycles. The predicted octanol–water partition coefficient (Wildman–Crippen LogP) is -0.392. The van der Waals surface area contributed by atoms with Crippen molar-refractivity contribution in [2.75, 3.05) is 45.8 Å². The number of carbonyl (C=O) groups excluding carboxylic acids is 2. The average Bonchev–Trinajstić information content (AvgIpc) is 2.67. The first kappa shape index (κ1) is 21.7. The molecule has 1 saturated heterocycles. The lowest BCUT2D eigenvalue weighted by molar-refractivity contribution is -0.896. The van der Waals surface area contributed by atoms with Crippen LogP contribution in [0.15, 0.2) is 24.3 Å². The monoisotopic (exact) mass is 396 g/mol. The Morgan fingerprint density at radius 3 is 2.56 bits per heavy atom. The van der Waals surface area contributed by atoms with Gasteiger partial charge in [-0.2, -0.15) is 0 Å². The summed E-state index contributed by atoms with van der Waals surface area (Å²) in [4.78, 5) is 27.6. The van der Waals surface area contributed by atoms with Crippen LogP contribution in [0.4, 0.5) is 0 Å². The Kier molecular flexibility index (Phi) is 9.04. The lowest BCUT2D eigenvalue weighted by atomic mass is 10.1. The zero-order chi connectivity index (χ0) is 19.6. The Bertz CT molecular complexity index is 601. The summed E-state index contributed by atoms with van der Waals surface area (Å²) in [6.07, 6.45) is 2.11. The maximum absolute atomic E-state index is 12.5. The number of nitrogens with zero attached hydrogens (tertiary/aromatic N) is 1. The highest BCUT2D eigenvalue weighted by Gasteiger charge is 2.26. The van der Waals surface area contributed by atoms with E-state index in [1.54, 1.807) is 0 Å². The van der Waals surface area contributed by atoms with Crippen LogP contribution in [0.5, 0.6) is 0 Å². The Labute approximate surface area is 167 Å². The van der Waals surface area contributed by atoms with Crippen molar-refractivity contribution in [3.05, 3.63) is 34.9 Å². The van der Waals surface area contributed by atoms with Crippen LogP contribution in [0.2, 0.25) is 5.02 Å². The molecule has 1 aliphatic heterocycles. The minimum atomic E-state index is 0.114. The van der Waals surface area contributed by atoms with Crippen LogP contribution in [0.25, 0.3) is 0 Å². The molecule has 1 fully saturated rings. The zero-order valence-corrected chi connectivity index (χ0v) is 17.2. The number of halogens is 1. The number of piperazine rings is 1. The summed E-state index contributed by atoms with van der Waals surface area (Å²) < 4.78 is 0. The number of carbonyl (C=O) groups is 2. The highest BCUT2D eigenvalue weighted by atomic mass is 35.5. The van der Waals surface area contributed by atoms with E-state index >= 15 is 0 Å². The van der Waals surface area contributed by atoms with Gasteiger partial charge in [-0.3, -0.25) is 9.59 Å². The molecule has 0 saturated carbocycles. The smallest absolute Gasteiger partial charge is 0.278 e. The van der Waals surface area contributed by atoms with Crippen LogP contribution in [0.3, 0.4) is 0 Å². The second-order valence-electron chi connectivity index (χ2n) is 7.29. The number of unbranched alkanes of at least 4 members (excludes halogenated alkanes) is 1. The third-order valence-corrected chi connectivity index (χ3v) is 5.38. The molecule has 2 amide bonds. The van der Waals surface area contributed by atoms with Gasteiger partial charge in [0.1, 0.15) is 6.04 Å². The molecule has 4 N–H and O–H groups in total.